The fraction of sp³-hybridized carbons (Fsp3) is 0.235. The van der Waals surface area contributed by atoms with E-state index in [9.17, 15) is 14.0 Å². The molecule has 1 fully saturated rings. The van der Waals surface area contributed by atoms with Crippen LogP contribution in [0.2, 0.25) is 10.2 Å². The number of carbonyl (C=O) groups is 2. The Morgan fingerprint density at radius 2 is 1.60 bits per heavy atom. The summed E-state index contributed by atoms with van der Waals surface area (Å²) >= 11 is 11.6. The second-order valence-corrected chi connectivity index (χ2v) is 6.40. The predicted molar refractivity (Wildman–Crippen MR) is 92.5 cm³/mol. The fourth-order valence-corrected chi connectivity index (χ4v) is 2.91. The summed E-state index contributed by atoms with van der Waals surface area (Å²) in [6, 6.07) is 7.04. The van der Waals surface area contributed by atoms with E-state index < -0.39 is 11.7 Å². The Balaban J connectivity index is 1.65. The van der Waals surface area contributed by atoms with Gasteiger partial charge in [-0.15, -0.1) is 0 Å². The molecular weight excluding hydrogens is 368 g/mol. The van der Waals surface area contributed by atoms with Gasteiger partial charge in [-0.3, -0.25) is 9.59 Å². The maximum absolute atomic E-state index is 13.8. The third-order valence-corrected chi connectivity index (χ3v) is 4.45. The van der Waals surface area contributed by atoms with Crippen LogP contribution in [0.1, 0.15) is 20.7 Å². The zero-order valence-corrected chi connectivity index (χ0v) is 14.6. The van der Waals surface area contributed by atoms with Crippen molar-refractivity contribution in [2.45, 2.75) is 0 Å². The molecule has 0 N–H and O–H groups in total. The molecule has 0 spiro atoms. The molecule has 3 rings (SSSR count). The van der Waals surface area contributed by atoms with E-state index in [-0.39, 0.29) is 11.5 Å². The number of benzene rings is 1. The summed E-state index contributed by atoms with van der Waals surface area (Å²) in [4.78, 5) is 31.9. The van der Waals surface area contributed by atoms with Gasteiger partial charge >= 0.3 is 0 Å². The molecule has 25 heavy (non-hydrogen) atoms. The van der Waals surface area contributed by atoms with Crippen LogP contribution in [-0.4, -0.2) is 52.8 Å². The van der Waals surface area contributed by atoms with Gasteiger partial charge in [-0.2, -0.15) is 0 Å². The van der Waals surface area contributed by atoms with E-state index in [0.717, 1.165) is 0 Å². The van der Waals surface area contributed by atoms with Crippen molar-refractivity contribution in [3.63, 3.8) is 0 Å². The number of hydrogen-bond acceptors (Lipinski definition) is 3. The van der Waals surface area contributed by atoms with Crippen LogP contribution in [0.4, 0.5) is 4.39 Å². The topological polar surface area (TPSA) is 53.5 Å². The number of pyridine rings is 1. The summed E-state index contributed by atoms with van der Waals surface area (Å²) in [7, 11) is 0. The van der Waals surface area contributed by atoms with Gasteiger partial charge in [-0.25, -0.2) is 9.37 Å². The lowest BCUT2D eigenvalue weighted by Crippen LogP contribution is -2.50. The zero-order valence-electron chi connectivity index (χ0n) is 13.1. The van der Waals surface area contributed by atoms with Crippen molar-refractivity contribution in [2.24, 2.45) is 0 Å². The fourth-order valence-electron chi connectivity index (χ4n) is 2.63. The highest BCUT2D eigenvalue weighted by Crippen LogP contribution is 2.18. The van der Waals surface area contributed by atoms with E-state index in [2.05, 4.69) is 4.98 Å². The molecule has 0 bridgehead atoms. The predicted octanol–water partition coefficient (Wildman–Crippen LogP) is 3.13. The lowest BCUT2D eigenvalue weighted by atomic mass is 10.1. The summed E-state index contributed by atoms with van der Waals surface area (Å²) in [6.07, 6.45) is 1.42. The minimum atomic E-state index is -0.611. The summed E-state index contributed by atoms with van der Waals surface area (Å²) in [5.41, 5.74) is 0.374. The molecule has 0 unspecified atom stereocenters. The van der Waals surface area contributed by atoms with Gasteiger partial charge in [0.05, 0.1) is 11.1 Å². The Kier molecular flexibility index (Phi) is 5.20. The van der Waals surface area contributed by atoms with Gasteiger partial charge in [0.1, 0.15) is 11.0 Å². The molecule has 2 amide bonds. The van der Waals surface area contributed by atoms with E-state index in [1.807, 2.05) is 0 Å². The van der Waals surface area contributed by atoms with Crippen LogP contribution in [0.15, 0.2) is 36.5 Å². The molecular formula is C17H14Cl2FN3O2. The normalized spacial score (nSPS) is 14.5. The third-order valence-electron chi connectivity index (χ3n) is 3.99. The van der Waals surface area contributed by atoms with Crippen molar-refractivity contribution in [1.82, 2.24) is 14.8 Å². The lowest BCUT2D eigenvalue weighted by molar-refractivity contribution is 0.0532. The number of piperazine rings is 1. The lowest BCUT2D eigenvalue weighted by Gasteiger charge is -2.34. The zero-order chi connectivity index (χ0) is 18.0. The van der Waals surface area contributed by atoms with Crippen molar-refractivity contribution in [1.29, 1.82) is 0 Å². The quantitative estimate of drug-likeness (QED) is 0.750. The smallest absolute Gasteiger partial charge is 0.257 e. The first-order valence-corrected chi connectivity index (χ1v) is 8.36. The molecule has 130 valence electrons. The van der Waals surface area contributed by atoms with Gasteiger partial charge in [-0.05, 0) is 30.3 Å². The van der Waals surface area contributed by atoms with Crippen molar-refractivity contribution in [3.8, 4) is 0 Å². The van der Waals surface area contributed by atoms with Crippen LogP contribution in [0.5, 0.6) is 0 Å². The van der Waals surface area contributed by atoms with Gasteiger partial charge in [0, 0.05) is 37.4 Å². The molecule has 1 aliphatic heterocycles. The first-order chi connectivity index (χ1) is 12.0. The molecule has 8 heteroatoms. The van der Waals surface area contributed by atoms with E-state index in [0.29, 0.717) is 41.9 Å². The molecule has 0 radical (unpaired) electrons. The number of amides is 2. The molecule has 1 aromatic heterocycles. The van der Waals surface area contributed by atoms with Crippen LogP contribution in [-0.2, 0) is 0 Å². The molecule has 0 atom stereocenters. The maximum Gasteiger partial charge on any atom is 0.257 e. The summed E-state index contributed by atoms with van der Waals surface area (Å²) in [5.74, 6) is -1.22. The van der Waals surface area contributed by atoms with Crippen molar-refractivity contribution in [2.75, 3.05) is 26.2 Å². The summed E-state index contributed by atoms with van der Waals surface area (Å²) < 4.78 is 13.8. The highest BCUT2D eigenvalue weighted by atomic mass is 35.5. The molecule has 2 heterocycles. The second-order valence-electron chi connectivity index (χ2n) is 5.58. The second kappa shape index (κ2) is 7.37. The van der Waals surface area contributed by atoms with Gasteiger partial charge in [0.2, 0.25) is 0 Å². The molecule has 1 aliphatic rings. The van der Waals surface area contributed by atoms with E-state index in [1.54, 1.807) is 17.0 Å². The Hall–Kier alpha value is -2.18. The van der Waals surface area contributed by atoms with Crippen LogP contribution in [0.3, 0.4) is 0 Å². The van der Waals surface area contributed by atoms with Crippen molar-refractivity contribution < 1.29 is 14.0 Å². The van der Waals surface area contributed by atoms with Crippen molar-refractivity contribution in [3.05, 3.63) is 63.6 Å². The molecule has 5 nitrogen and oxygen atoms in total. The van der Waals surface area contributed by atoms with E-state index in [1.165, 1.54) is 29.3 Å². The van der Waals surface area contributed by atoms with Gasteiger partial charge in [0.15, 0.2) is 0 Å². The molecule has 1 aromatic carbocycles. The highest BCUT2D eigenvalue weighted by Gasteiger charge is 2.27. The monoisotopic (exact) mass is 381 g/mol. The third kappa shape index (κ3) is 3.91. The van der Waals surface area contributed by atoms with Crippen LogP contribution in [0.25, 0.3) is 0 Å². The Morgan fingerprint density at radius 1 is 0.960 bits per heavy atom. The van der Waals surface area contributed by atoms with Crippen molar-refractivity contribution >= 4 is 35.0 Å². The van der Waals surface area contributed by atoms with Crippen LogP contribution < -0.4 is 0 Å². The average Bonchev–Trinajstić information content (AvgIpc) is 2.63. The van der Waals surface area contributed by atoms with E-state index >= 15 is 0 Å². The number of carbonyl (C=O) groups excluding carboxylic acids is 2. The minimum Gasteiger partial charge on any atom is -0.335 e. The molecule has 2 aromatic rings. The number of rotatable bonds is 2. The average molecular weight is 382 g/mol. The number of halogens is 3. The Morgan fingerprint density at radius 3 is 2.20 bits per heavy atom. The van der Waals surface area contributed by atoms with Crippen LogP contribution in [0, 0.1) is 5.82 Å². The van der Waals surface area contributed by atoms with E-state index in [4.69, 9.17) is 23.2 Å². The van der Waals surface area contributed by atoms with Gasteiger partial charge in [0.25, 0.3) is 11.8 Å². The number of aromatic nitrogens is 1. The minimum absolute atomic E-state index is 0.0609. The van der Waals surface area contributed by atoms with Crippen LogP contribution >= 0.6 is 23.2 Å². The SMILES string of the molecule is O=C(c1ccc(Cl)nc1)N1CCN(C(=O)c2cc(Cl)ccc2F)CC1. The Labute approximate surface area is 154 Å². The van der Waals surface area contributed by atoms with Gasteiger partial charge < -0.3 is 9.80 Å². The summed E-state index contributed by atoms with van der Waals surface area (Å²) in [6.45, 7) is 1.35. The molecule has 0 aliphatic carbocycles. The van der Waals surface area contributed by atoms with Gasteiger partial charge in [-0.1, -0.05) is 23.2 Å². The number of nitrogens with zero attached hydrogens (tertiary/aromatic N) is 3. The largest absolute Gasteiger partial charge is 0.335 e. The molecule has 0 saturated carbocycles. The first kappa shape index (κ1) is 17.6. The standard InChI is InChI=1S/C17H14Cl2FN3O2/c18-12-2-3-14(20)13(9-12)17(25)23-7-5-22(6-8-23)16(24)11-1-4-15(19)21-10-11/h1-4,9-10H,5-8H2. The summed E-state index contributed by atoms with van der Waals surface area (Å²) in [5, 5.41) is 0.615. The highest BCUT2D eigenvalue weighted by molar-refractivity contribution is 6.31. The Bertz CT molecular complexity index is 806. The number of hydrogen-bond donors (Lipinski definition) is 0. The maximum atomic E-state index is 13.8. The first-order valence-electron chi connectivity index (χ1n) is 7.61. The molecule has 1 saturated heterocycles.